The number of halogens is 1. The molecule has 0 fully saturated rings. The standard InChI is InChI=1S/C14H13BrN2O3S/c1-9-2-5-14(13(16)6-9)21(20)8-10-3-4-11(17(18)19)7-12(10)15/h2-7H,8,16H2,1H3. The minimum absolute atomic E-state index is 0.00810. The number of nitrogens with zero attached hydrogens (tertiary/aromatic N) is 1. The molecule has 1 atom stereocenters. The molecule has 0 saturated heterocycles. The van der Waals surface area contributed by atoms with Gasteiger partial charge in [0.15, 0.2) is 0 Å². The van der Waals surface area contributed by atoms with E-state index in [1.807, 2.05) is 13.0 Å². The van der Waals surface area contributed by atoms with Crippen molar-refractivity contribution < 1.29 is 9.13 Å². The molecule has 2 aromatic rings. The molecule has 0 bridgehead atoms. The van der Waals surface area contributed by atoms with E-state index < -0.39 is 15.7 Å². The first kappa shape index (κ1) is 15.7. The number of benzene rings is 2. The van der Waals surface area contributed by atoms with E-state index in [2.05, 4.69) is 15.9 Å². The van der Waals surface area contributed by atoms with Gasteiger partial charge in [0.1, 0.15) is 0 Å². The molecule has 1 unspecified atom stereocenters. The van der Waals surface area contributed by atoms with Crippen LogP contribution < -0.4 is 5.73 Å². The SMILES string of the molecule is Cc1ccc(S(=O)Cc2ccc([N+](=O)[O-])cc2Br)c(N)c1. The summed E-state index contributed by atoms with van der Waals surface area (Å²) in [6.07, 6.45) is 0. The van der Waals surface area contributed by atoms with Crippen LogP contribution in [0.25, 0.3) is 0 Å². The number of hydrogen-bond donors (Lipinski definition) is 1. The van der Waals surface area contributed by atoms with Gasteiger partial charge in [0, 0.05) is 22.3 Å². The van der Waals surface area contributed by atoms with Gasteiger partial charge in [-0.15, -0.1) is 0 Å². The Bertz CT molecular complexity index is 734. The number of hydrogen-bond acceptors (Lipinski definition) is 4. The van der Waals surface area contributed by atoms with Crippen LogP contribution in [0.4, 0.5) is 11.4 Å². The topological polar surface area (TPSA) is 86.2 Å². The van der Waals surface area contributed by atoms with E-state index in [-0.39, 0.29) is 11.4 Å². The van der Waals surface area contributed by atoms with Gasteiger partial charge in [-0.1, -0.05) is 28.1 Å². The van der Waals surface area contributed by atoms with E-state index in [0.717, 1.165) is 11.1 Å². The van der Waals surface area contributed by atoms with E-state index in [1.165, 1.54) is 12.1 Å². The van der Waals surface area contributed by atoms with E-state index in [9.17, 15) is 14.3 Å². The molecular formula is C14H13BrN2O3S. The van der Waals surface area contributed by atoms with Crippen molar-refractivity contribution in [3.8, 4) is 0 Å². The number of nitro groups is 1. The lowest BCUT2D eigenvalue weighted by molar-refractivity contribution is -0.384. The van der Waals surface area contributed by atoms with Crippen LogP contribution in [-0.2, 0) is 16.6 Å². The summed E-state index contributed by atoms with van der Waals surface area (Å²) in [5.74, 6) is 0.242. The van der Waals surface area contributed by atoms with Gasteiger partial charge in [0.25, 0.3) is 5.69 Å². The van der Waals surface area contributed by atoms with Crippen molar-refractivity contribution >= 4 is 38.1 Å². The Kier molecular flexibility index (Phi) is 4.74. The zero-order valence-corrected chi connectivity index (χ0v) is 13.6. The van der Waals surface area contributed by atoms with Crippen molar-refractivity contribution in [3.05, 3.63) is 62.1 Å². The van der Waals surface area contributed by atoms with Crippen LogP contribution in [0.3, 0.4) is 0 Å². The maximum atomic E-state index is 12.4. The number of anilines is 1. The molecular weight excluding hydrogens is 356 g/mol. The summed E-state index contributed by atoms with van der Waals surface area (Å²) < 4.78 is 13.0. The van der Waals surface area contributed by atoms with Crippen molar-refractivity contribution in [1.29, 1.82) is 0 Å². The van der Waals surface area contributed by atoms with Crippen LogP contribution in [-0.4, -0.2) is 9.13 Å². The number of nitrogens with two attached hydrogens (primary N) is 1. The van der Waals surface area contributed by atoms with Crippen LogP contribution in [0.2, 0.25) is 0 Å². The number of nitro benzene ring substituents is 1. The summed E-state index contributed by atoms with van der Waals surface area (Å²) in [5.41, 5.74) is 8.11. The lowest BCUT2D eigenvalue weighted by atomic mass is 10.2. The maximum Gasteiger partial charge on any atom is 0.270 e. The Morgan fingerprint density at radius 2 is 2.00 bits per heavy atom. The van der Waals surface area contributed by atoms with Crippen molar-refractivity contribution in [3.63, 3.8) is 0 Å². The zero-order chi connectivity index (χ0) is 15.6. The summed E-state index contributed by atoms with van der Waals surface area (Å²) in [6, 6.07) is 9.79. The summed E-state index contributed by atoms with van der Waals surface area (Å²) in [5, 5.41) is 10.7. The first-order chi connectivity index (χ1) is 9.88. The highest BCUT2D eigenvalue weighted by Crippen LogP contribution is 2.27. The quantitative estimate of drug-likeness (QED) is 0.507. The Labute approximate surface area is 132 Å². The van der Waals surface area contributed by atoms with E-state index in [1.54, 1.807) is 18.2 Å². The fourth-order valence-corrected chi connectivity index (χ4v) is 3.78. The molecule has 0 spiro atoms. The molecule has 0 aliphatic rings. The predicted molar refractivity (Wildman–Crippen MR) is 86.5 cm³/mol. The third-order valence-corrected chi connectivity index (χ3v) is 5.12. The molecule has 2 rings (SSSR count). The Balaban J connectivity index is 2.25. The number of nitrogen functional groups attached to an aromatic ring is 1. The van der Waals surface area contributed by atoms with Crippen LogP contribution >= 0.6 is 15.9 Å². The molecule has 0 radical (unpaired) electrons. The molecule has 110 valence electrons. The first-order valence-corrected chi connectivity index (χ1v) is 8.17. The van der Waals surface area contributed by atoms with Gasteiger partial charge in [0.2, 0.25) is 0 Å². The van der Waals surface area contributed by atoms with Gasteiger partial charge >= 0.3 is 0 Å². The lowest BCUT2D eigenvalue weighted by Gasteiger charge is -2.08. The molecule has 0 aromatic heterocycles. The van der Waals surface area contributed by atoms with Crippen LogP contribution in [0.15, 0.2) is 45.8 Å². The minimum Gasteiger partial charge on any atom is -0.398 e. The average Bonchev–Trinajstić information content (AvgIpc) is 2.40. The molecule has 2 N–H and O–H groups in total. The molecule has 5 nitrogen and oxygen atoms in total. The Hall–Kier alpha value is -1.73. The maximum absolute atomic E-state index is 12.4. The Morgan fingerprint density at radius 3 is 2.57 bits per heavy atom. The van der Waals surface area contributed by atoms with Crippen LogP contribution in [0, 0.1) is 17.0 Å². The molecule has 0 aliphatic carbocycles. The van der Waals surface area contributed by atoms with Gasteiger partial charge in [0.05, 0.1) is 26.4 Å². The third-order valence-electron chi connectivity index (χ3n) is 2.94. The smallest absolute Gasteiger partial charge is 0.270 e. The van der Waals surface area contributed by atoms with Crippen LogP contribution in [0.1, 0.15) is 11.1 Å². The van der Waals surface area contributed by atoms with Crippen molar-refractivity contribution in [2.24, 2.45) is 0 Å². The molecule has 0 saturated carbocycles. The summed E-state index contributed by atoms with van der Waals surface area (Å²) in [6.45, 7) is 1.91. The number of rotatable bonds is 4. The largest absolute Gasteiger partial charge is 0.398 e. The fourth-order valence-electron chi connectivity index (χ4n) is 1.86. The number of non-ortho nitro benzene ring substituents is 1. The second-order valence-electron chi connectivity index (χ2n) is 4.56. The van der Waals surface area contributed by atoms with E-state index in [0.29, 0.717) is 15.1 Å². The van der Waals surface area contributed by atoms with Gasteiger partial charge < -0.3 is 5.73 Å². The highest BCUT2D eigenvalue weighted by molar-refractivity contribution is 9.10. The van der Waals surface area contributed by atoms with Gasteiger partial charge in [-0.05, 0) is 30.2 Å². The molecule has 0 heterocycles. The highest BCUT2D eigenvalue weighted by Gasteiger charge is 2.14. The molecule has 0 aliphatic heterocycles. The van der Waals surface area contributed by atoms with Crippen molar-refractivity contribution in [2.75, 3.05) is 5.73 Å². The predicted octanol–water partition coefficient (Wildman–Crippen LogP) is 3.56. The van der Waals surface area contributed by atoms with Gasteiger partial charge in [-0.25, -0.2) is 0 Å². The monoisotopic (exact) mass is 368 g/mol. The van der Waals surface area contributed by atoms with Crippen molar-refractivity contribution in [2.45, 2.75) is 17.6 Å². The van der Waals surface area contributed by atoms with E-state index >= 15 is 0 Å². The normalized spacial score (nSPS) is 12.1. The molecule has 0 amide bonds. The lowest BCUT2D eigenvalue weighted by Crippen LogP contribution is -2.02. The van der Waals surface area contributed by atoms with E-state index in [4.69, 9.17) is 5.73 Å². The second kappa shape index (κ2) is 6.36. The second-order valence-corrected chi connectivity index (χ2v) is 6.84. The highest BCUT2D eigenvalue weighted by atomic mass is 79.9. The summed E-state index contributed by atoms with van der Waals surface area (Å²) in [4.78, 5) is 10.8. The van der Waals surface area contributed by atoms with Crippen molar-refractivity contribution in [1.82, 2.24) is 0 Å². The molecule has 7 heteroatoms. The first-order valence-electron chi connectivity index (χ1n) is 6.06. The van der Waals surface area contributed by atoms with Crippen LogP contribution in [0.5, 0.6) is 0 Å². The van der Waals surface area contributed by atoms with Gasteiger partial charge in [-0.3, -0.25) is 14.3 Å². The fraction of sp³-hybridized carbons (Fsp3) is 0.143. The minimum atomic E-state index is -1.31. The third kappa shape index (κ3) is 3.68. The Morgan fingerprint density at radius 1 is 1.29 bits per heavy atom. The van der Waals surface area contributed by atoms with Gasteiger partial charge in [-0.2, -0.15) is 0 Å². The zero-order valence-electron chi connectivity index (χ0n) is 11.2. The summed E-state index contributed by atoms with van der Waals surface area (Å²) >= 11 is 3.28. The number of aryl methyl sites for hydroxylation is 1. The molecule has 2 aromatic carbocycles. The summed E-state index contributed by atoms with van der Waals surface area (Å²) in [7, 11) is -1.31. The average molecular weight is 369 g/mol. The molecule has 21 heavy (non-hydrogen) atoms.